The van der Waals surface area contributed by atoms with E-state index in [9.17, 15) is 33.6 Å². The van der Waals surface area contributed by atoms with Gasteiger partial charge < -0.3 is 47.4 Å². The van der Waals surface area contributed by atoms with Crippen molar-refractivity contribution < 1.29 is 80.9 Å². The van der Waals surface area contributed by atoms with Gasteiger partial charge in [-0.3, -0.25) is 33.6 Å². The van der Waals surface area contributed by atoms with Crippen molar-refractivity contribution in [2.45, 2.75) is 110 Å². The van der Waals surface area contributed by atoms with E-state index in [1.807, 2.05) is 6.07 Å². The first kappa shape index (κ1) is 41.3. The third-order valence-corrected chi connectivity index (χ3v) is 7.74. The number of ether oxygens (including phenoxy) is 10. The van der Waals surface area contributed by atoms with Gasteiger partial charge in [0, 0.05) is 54.0 Å². The fraction of sp³-hybridized carbons (Fsp3) is 0.559. The molecule has 2 fully saturated rings. The maximum absolute atomic E-state index is 12.7. The van der Waals surface area contributed by atoms with E-state index >= 15 is 0 Å². The molecule has 2 aliphatic heterocycles. The molecule has 0 spiro atoms. The van der Waals surface area contributed by atoms with Crippen molar-refractivity contribution in [1.29, 1.82) is 0 Å². The second kappa shape index (κ2) is 18.5. The number of hydrogen-bond donors (Lipinski definition) is 0. The molecule has 1 aromatic carbocycles. The van der Waals surface area contributed by atoms with E-state index < -0.39 is 116 Å². The van der Waals surface area contributed by atoms with E-state index in [4.69, 9.17) is 47.4 Å². The van der Waals surface area contributed by atoms with Crippen molar-refractivity contribution >= 4 is 41.8 Å². The Hall–Kier alpha value is -5.47. The molecular formula is C34H41N3O17. The SMILES string of the molecule is CC(=O)OC[C@H]1O[C@@H](n2cc(-c3ccccc3)nn2)[C@H](OC(C)=O)[C@@H](OC(C)=O)[C@@H]1O[C@H]1O[C@H](COC(C)=O)[C@@H](OC(C)=O)[C@H](OC(C)=O)[C@H]1OC(C)=O. The van der Waals surface area contributed by atoms with E-state index in [2.05, 4.69) is 10.3 Å². The summed E-state index contributed by atoms with van der Waals surface area (Å²) in [6.45, 7) is 6.42. The van der Waals surface area contributed by atoms with Gasteiger partial charge in [-0.15, -0.1) is 5.10 Å². The standard InChI is InChI=1S/C34H41N3O17/c1-16(38)45-14-25-28(54-34-32(51-22(7)44)30(49-20(5)42)27(47-18(3)40)26(53-34)15-46-17(2)39)29(48-19(4)41)31(50-21(6)43)33(52-25)37-13-24(35-36-37)23-11-9-8-10-12-23/h8-13,25-34H,14-15H2,1-7H3/t25-,26-,27-,28-,29+,30+,31-,32-,33-,34-/m1/s1. The van der Waals surface area contributed by atoms with Crippen LogP contribution in [-0.2, 0) is 80.9 Å². The molecule has 0 N–H and O–H groups in total. The number of aromatic nitrogens is 3. The molecule has 0 aliphatic carbocycles. The van der Waals surface area contributed by atoms with Crippen LogP contribution in [0, 0.1) is 0 Å². The first-order valence-electron chi connectivity index (χ1n) is 16.6. The fourth-order valence-electron chi connectivity index (χ4n) is 5.84. The first-order valence-corrected chi connectivity index (χ1v) is 16.6. The number of nitrogens with zero attached hydrogens (tertiary/aromatic N) is 3. The van der Waals surface area contributed by atoms with Gasteiger partial charge in [-0.25, -0.2) is 4.68 Å². The Morgan fingerprint density at radius 3 is 1.56 bits per heavy atom. The largest absolute Gasteiger partial charge is 0.463 e. The van der Waals surface area contributed by atoms with Crippen molar-refractivity contribution in [3.63, 3.8) is 0 Å². The van der Waals surface area contributed by atoms with Crippen LogP contribution in [0.3, 0.4) is 0 Å². The zero-order valence-corrected chi connectivity index (χ0v) is 30.4. The third-order valence-electron chi connectivity index (χ3n) is 7.74. The van der Waals surface area contributed by atoms with Crippen LogP contribution >= 0.6 is 0 Å². The molecule has 0 saturated carbocycles. The second-order valence-corrected chi connectivity index (χ2v) is 12.1. The van der Waals surface area contributed by atoms with Crippen LogP contribution in [-0.4, -0.2) is 125 Å². The molecule has 4 rings (SSSR count). The van der Waals surface area contributed by atoms with Crippen molar-refractivity contribution in [2.75, 3.05) is 13.2 Å². The summed E-state index contributed by atoms with van der Waals surface area (Å²) in [5, 5.41) is 8.36. The summed E-state index contributed by atoms with van der Waals surface area (Å²) < 4.78 is 58.3. The first-order chi connectivity index (χ1) is 25.5. The van der Waals surface area contributed by atoms with Crippen molar-refractivity contribution in [3.8, 4) is 11.3 Å². The van der Waals surface area contributed by atoms with Gasteiger partial charge in [0.15, 0.2) is 43.0 Å². The average Bonchev–Trinajstić information content (AvgIpc) is 3.57. The summed E-state index contributed by atoms with van der Waals surface area (Å²) >= 11 is 0. The fourth-order valence-corrected chi connectivity index (χ4v) is 5.84. The highest BCUT2D eigenvalue weighted by atomic mass is 16.8. The molecule has 0 amide bonds. The molecular weight excluding hydrogens is 722 g/mol. The molecule has 20 heteroatoms. The van der Waals surface area contributed by atoms with Crippen LogP contribution < -0.4 is 0 Å². The molecule has 2 aromatic rings. The summed E-state index contributed by atoms with van der Waals surface area (Å²) in [4.78, 5) is 86.2. The second-order valence-electron chi connectivity index (χ2n) is 12.1. The average molecular weight is 764 g/mol. The van der Waals surface area contributed by atoms with Gasteiger partial charge in [-0.2, -0.15) is 0 Å². The smallest absolute Gasteiger partial charge is 0.303 e. The van der Waals surface area contributed by atoms with E-state index in [-0.39, 0.29) is 0 Å². The number of carbonyl (C=O) groups excluding carboxylic acids is 7. The summed E-state index contributed by atoms with van der Waals surface area (Å²) in [7, 11) is 0. The highest BCUT2D eigenvalue weighted by Gasteiger charge is 2.58. The molecule has 0 bridgehead atoms. The molecule has 10 atom stereocenters. The Bertz CT molecular complexity index is 1680. The van der Waals surface area contributed by atoms with Gasteiger partial charge in [0.05, 0.1) is 6.20 Å². The number of benzene rings is 1. The lowest BCUT2D eigenvalue weighted by Crippen LogP contribution is -2.66. The lowest BCUT2D eigenvalue weighted by atomic mass is 9.95. The Labute approximate surface area is 308 Å². The van der Waals surface area contributed by atoms with Gasteiger partial charge in [0.2, 0.25) is 0 Å². The number of rotatable bonds is 13. The van der Waals surface area contributed by atoms with Crippen LogP contribution in [0.15, 0.2) is 36.5 Å². The Kier molecular flexibility index (Phi) is 14.2. The molecule has 0 radical (unpaired) electrons. The number of hydrogen-bond acceptors (Lipinski definition) is 19. The Balaban J connectivity index is 1.84. The van der Waals surface area contributed by atoms with Gasteiger partial charge >= 0.3 is 41.8 Å². The maximum atomic E-state index is 12.7. The number of carbonyl (C=O) groups is 7. The van der Waals surface area contributed by atoms with E-state index in [1.54, 1.807) is 24.3 Å². The highest BCUT2D eigenvalue weighted by Crippen LogP contribution is 2.38. The highest BCUT2D eigenvalue weighted by molar-refractivity contribution is 5.69. The monoisotopic (exact) mass is 763 g/mol. The quantitative estimate of drug-likeness (QED) is 0.202. The normalized spacial score (nSPS) is 27.8. The molecule has 2 saturated heterocycles. The molecule has 2 aliphatic rings. The maximum Gasteiger partial charge on any atom is 0.303 e. The van der Waals surface area contributed by atoms with Gasteiger partial charge in [0.25, 0.3) is 0 Å². The van der Waals surface area contributed by atoms with Gasteiger partial charge in [-0.1, -0.05) is 35.5 Å². The molecule has 1 aromatic heterocycles. The molecule has 20 nitrogen and oxygen atoms in total. The third kappa shape index (κ3) is 11.0. The summed E-state index contributed by atoms with van der Waals surface area (Å²) in [6, 6.07) is 8.94. The predicted octanol–water partition coefficient (Wildman–Crippen LogP) is 0.737. The Morgan fingerprint density at radius 2 is 1.04 bits per heavy atom. The van der Waals surface area contributed by atoms with E-state index in [0.717, 1.165) is 48.5 Å². The van der Waals surface area contributed by atoms with Crippen LogP contribution in [0.5, 0.6) is 0 Å². The minimum atomic E-state index is -1.80. The van der Waals surface area contributed by atoms with Crippen molar-refractivity contribution in [2.24, 2.45) is 0 Å². The molecule has 3 heterocycles. The number of esters is 7. The zero-order valence-electron chi connectivity index (χ0n) is 30.4. The van der Waals surface area contributed by atoms with Crippen LogP contribution in [0.1, 0.15) is 54.7 Å². The van der Waals surface area contributed by atoms with Gasteiger partial charge in [0.1, 0.15) is 37.2 Å². The summed E-state index contributed by atoms with van der Waals surface area (Å²) in [5.41, 5.74) is 1.08. The zero-order chi connectivity index (χ0) is 39.7. The summed E-state index contributed by atoms with van der Waals surface area (Å²) in [5.74, 6) is -5.86. The van der Waals surface area contributed by atoms with E-state index in [1.165, 1.54) is 10.9 Å². The summed E-state index contributed by atoms with van der Waals surface area (Å²) in [6.07, 6.45) is -14.0. The minimum Gasteiger partial charge on any atom is -0.463 e. The van der Waals surface area contributed by atoms with Crippen molar-refractivity contribution in [1.82, 2.24) is 15.0 Å². The van der Waals surface area contributed by atoms with Gasteiger partial charge in [-0.05, 0) is 0 Å². The topological polar surface area (TPSA) is 242 Å². The lowest BCUT2D eigenvalue weighted by molar-refractivity contribution is -0.349. The molecule has 294 valence electrons. The predicted molar refractivity (Wildman–Crippen MR) is 174 cm³/mol. The van der Waals surface area contributed by atoms with Crippen LogP contribution in [0.2, 0.25) is 0 Å². The lowest BCUT2D eigenvalue weighted by Gasteiger charge is -2.48. The van der Waals surface area contributed by atoms with E-state index in [0.29, 0.717) is 11.3 Å². The molecule has 0 unspecified atom stereocenters. The molecule has 54 heavy (non-hydrogen) atoms. The van der Waals surface area contributed by atoms with Crippen LogP contribution in [0.4, 0.5) is 0 Å². The van der Waals surface area contributed by atoms with Crippen molar-refractivity contribution in [3.05, 3.63) is 36.5 Å². The Morgan fingerprint density at radius 1 is 0.574 bits per heavy atom. The minimum absolute atomic E-state index is 0.400. The van der Waals surface area contributed by atoms with Crippen LogP contribution in [0.25, 0.3) is 11.3 Å².